The third-order valence-electron chi connectivity index (χ3n) is 4.49. The third-order valence-corrected chi connectivity index (χ3v) is 4.49. The fraction of sp³-hybridized carbons (Fsp3) is 0.0435. The Morgan fingerprint density at radius 3 is 2.57 bits per heavy atom. The van der Waals surface area contributed by atoms with E-state index in [1.165, 1.54) is 35.1 Å². The van der Waals surface area contributed by atoms with Crippen molar-refractivity contribution in [2.75, 3.05) is 5.32 Å². The highest BCUT2D eigenvalue weighted by molar-refractivity contribution is 6.05. The molecule has 0 unspecified atom stereocenters. The highest BCUT2D eigenvalue weighted by Crippen LogP contribution is 2.30. The van der Waals surface area contributed by atoms with Crippen LogP contribution in [-0.2, 0) is 0 Å². The van der Waals surface area contributed by atoms with Crippen molar-refractivity contribution in [2.45, 2.75) is 6.92 Å². The Bertz CT molecular complexity index is 1220. The monoisotopic (exact) mass is 405 g/mol. The average molecular weight is 405 g/mol. The number of halogens is 2. The number of ether oxygens (including phenoxy) is 1. The first kappa shape index (κ1) is 19.3. The van der Waals surface area contributed by atoms with Crippen LogP contribution in [0.15, 0.2) is 79.0 Å². The summed E-state index contributed by atoms with van der Waals surface area (Å²) in [6, 6.07) is 18.7. The maximum atomic E-state index is 14.1. The molecule has 1 heterocycles. The van der Waals surface area contributed by atoms with Gasteiger partial charge in [0.05, 0.1) is 23.1 Å². The molecule has 4 rings (SSSR count). The van der Waals surface area contributed by atoms with Gasteiger partial charge in [0, 0.05) is 6.07 Å². The van der Waals surface area contributed by atoms with E-state index in [2.05, 4.69) is 10.4 Å². The lowest BCUT2D eigenvalue weighted by Gasteiger charge is -2.12. The molecule has 0 atom stereocenters. The number of hydrogen-bond donors (Lipinski definition) is 1. The minimum atomic E-state index is -0.440. The summed E-state index contributed by atoms with van der Waals surface area (Å²) in [4.78, 5) is 12.8. The number of amides is 1. The van der Waals surface area contributed by atoms with Crippen LogP contribution >= 0.6 is 0 Å². The fourth-order valence-electron chi connectivity index (χ4n) is 3.00. The zero-order valence-corrected chi connectivity index (χ0v) is 16.0. The molecule has 1 N–H and O–H groups in total. The van der Waals surface area contributed by atoms with E-state index < -0.39 is 17.5 Å². The predicted molar refractivity (Wildman–Crippen MR) is 109 cm³/mol. The van der Waals surface area contributed by atoms with Crippen LogP contribution in [0.1, 0.15) is 16.1 Å². The summed E-state index contributed by atoms with van der Waals surface area (Å²) >= 11 is 0. The lowest BCUT2D eigenvalue weighted by atomic mass is 10.2. The summed E-state index contributed by atoms with van der Waals surface area (Å²) in [7, 11) is 0. The number of aromatic nitrogens is 2. The van der Waals surface area contributed by atoms with E-state index in [-0.39, 0.29) is 5.69 Å². The zero-order chi connectivity index (χ0) is 21.1. The number of nitrogens with zero attached hydrogens (tertiary/aromatic N) is 2. The molecule has 150 valence electrons. The first-order valence-corrected chi connectivity index (χ1v) is 9.16. The Morgan fingerprint density at radius 1 is 1.00 bits per heavy atom. The molecule has 0 saturated heterocycles. The third kappa shape index (κ3) is 3.91. The zero-order valence-electron chi connectivity index (χ0n) is 16.0. The second-order valence-electron chi connectivity index (χ2n) is 6.52. The molecule has 0 aliphatic carbocycles. The van der Waals surface area contributed by atoms with Gasteiger partial charge in [0.25, 0.3) is 5.91 Å². The Kier molecular flexibility index (Phi) is 5.26. The molecule has 4 aromatic rings. The van der Waals surface area contributed by atoms with E-state index in [4.69, 9.17) is 4.74 Å². The molecule has 3 aromatic carbocycles. The molecule has 7 heteroatoms. The minimum Gasteiger partial charge on any atom is -0.455 e. The average Bonchev–Trinajstić information content (AvgIpc) is 3.11. The van der Waals surface area contributed by atoms with Crippen LogP contribution in [0.2, 0.25) is 0 Å². The van der Waals surface area contributed by atoms with Gasteiger partial charge >= 0.3 is 0 Å². The minimum absolute atomic E-state index is 0.254. The standard InChI is InChI=1S/C23H17F2N3O2/c1-15-18(14-26-28(15)21-11-4-2-9-19(21)25)23(29)27-20-10-3-5-12-22(20)30-17-8-6-7-16(24)13-17/h2-14H,1H3,(H,27,29). The van der Waals surface area contributed by atoms with Crippen molar-refractivity contribution in [2.24, 2.45) is 0 Å². The van der Waals surface area contributed by atoms with Crippen molar-refractivity contribution < 1.29 is 18.3 Å². The number of benzene rings is 3. The maximum Gasteiger partial charge on any atom is 0.259 e. The summed E-state index contributed by atoms with van der Waals surface area (Å²) < 4.78 is 34.6. The molecule has 0 saturated carbocycles. The number of hydrogen-bond acceptors (Lipinski definition) is 3. The van der Waals surface area contributed by atoms with Gasteiger partial charge in [0.2, 0.25) is 0 Å². The van der Waals surface area contributed by atoms with Crippen LogP contribution in [0.4, 0.5) is 14.5 Å². The molecule has 5 nitrogen and oxygen atoms in total. The van der Waals surface area contributed by atoms with Crippen molar-refractivity contribution in [1.29, 1.82) is 0 Å². The second-order valence-corrected chi connectivity index (χ2v) is 6.52. The van der Waals surface area contributed by atoms with Crippen molar-refractivity contribution in [1.82, 2.24) is 9.78 Å². The normalized spacial score (nSPS) is 10.6. The van der Waals surface area contributed by atoms with E-state index in [0.29, 0.717) is 28.4 Å². The number of rotatable bonds is 5. The largest absolute Gasteiger partial charge is 0.455 e. The molecule has 0 aliphatic heterocycles. The summed E-state index contributed by atoms with van der Waals surface area (Å²) in [5.41, 5.74) is 1.44. The van der Waals surface area contributed by atoms with Gasteiger partial charge in [-0.1, -0.05) is 30.3 Å². The molecular formula is C23H17F2N3O2. The lowest BCUT2D eigenvalue weighted by Crippen LogP contribution is -2.14. The Hall–Kier alpha value is -4.00. The number of nitrogens with one attached hydrogen (secondary N) is 1. The quantitative estimate of drug-likeness (QED) is 0.477. The Labute approximate surface area is 171 Å². The van der Waals surface area contributed by atoms with Crippen molar-refractivity contribution >= 4 is 11.6 Å². The van der Waals surface area contributed by atoms with Gasteiger partial charge in [-0.15, -0.1) is 0 Å². The molecule has 30 heavy (non-hydrogen) atoms. The number of anilines is 1. The van der Waals surface area contributed by atoms with Crippen LogP contribution < -0.4 is 10.1 Å². The molecular weight excluding hydrogens is 388 g/mol. The van der Waals surface area contributed by atoms with Crippen molar-refractivity contribution in [3.05, 3.63) is 102 Å². The van der Waals surface area contributed by atoms with Gasteiger partial charge in [-0.3, -0.25) is 4.79 Å². The molecule has 0 fully saturated rings. The van der Waals surface area contributed by atoms with Gasteiger partial charge in [-0.05, 0) is 43.3 Å². The van der Waals surface area contributed by atoms with E-state index >= 15 is 0 Å². The molecule has 0 radical (unpaired) electrons. The molecule has 1 amide bonds. The van der Waals surface area contributed by atoms with Crippen molar-refractivity contribution in [3.63, 3.8) is 0 Å². The summed E-state index contributed by atoms with van der Waals surface area (Å²) in [5, 5.41) is 6.93. The van der Waals surface area contributed by atoms with Gasteiger partial charge < -0.3 is 10.1 Å². The number of carbonyl (C=O) groups excluding carboxylic acids is 1. The summed E-state index contributed by atoms with van der Waals surface area (Å²) in [6.07, 6.45) is 1.38. The van der Waals surface area contributed by atoms with E-state index in [1.54, 1.807) is 55.5 Å². The van der Waals surface area contributed by atoms with E-state index in [1.807, 2.05) is 0 Å². The van der Waals surface area contributed by atoms with Crippen LogP contribution in [0.25, 0.3) is 5.69 Å². The molecule has 1 aromatic heterocycles. The van der Waals surface area contributed by atoms with Gasteiger partial charge in [-0.25, -0.2) is 13.5 Å². The first-order valence-electron chi connectivity index (χ1n) is 9.16. The predicted octanol–water partition coefficient (Wildman–Crippen LogP) is 5.50. The van der Waals surface area contributed by atoms with Crippen LogP contribution in [-0.4, -0.2) is 15.7 Å². The topological polar surface area (TPSA) is 56.1 Å². The van der Waals surface area contributed by atoms with E-state index in [9.17, 15) is 13.6 Å². The van der Waals surface area contributed by atoms with Gasteiger partial charge in [0.1, 0.15) is 23.1 Å². The molecule has 0 aliphatic rings. The molecule has 0 bridgehead atoms. The SMILES string of the molecule is Cc1c(C(=O)Nc2ccccc2Oc2cccc(F)c2)cnn1-c1ccccc1F. The molecule has 0 spiro atoms. The van der Waals surface area contributed by atoms with Gasteiger partial charge in [0.15, 0.2) is 5.75 Å². The van der Waals surface area contributed by atoms with Crippen molar-refractivity contribution in [3.8, 4) is 17.2 Å². The first-order chi connectivity index (χ1) is 14.5. The van der Waals surface area contributed by atoms with Crippen LogP contribution in [0.3, 0.4) is 0 Å². The summed E-state index contributed by atoms with van der Waals surface area (Å²) in [5.74, 6) is -0.629. The lowest BCUT2D eigenvalue weighted by molar-refractivity contribution is 0.102. The summed E-state index contributed by atoms with van der Waals surface area (Å²) in [6.45, 7) is 1.68. The van der Waals surface area contributed by atoms with Crippen LogP contribution in [0.5, 0.6) is 11.5 Å². The second kappa shape index (κ2) is 8.16. The fourth-order valence-corrected chi connectivity index (χ4v) is 3.00. The Balaban J connectivity index is 1.59. The number of carbonyl (C=O) groups is 1. The van der Waals surface area contributed by atoms with E-state index in [0.717, 1.165) is 0 Å². The maximum absolute atomic E-state index is 14.1. The highest BCUT2D eigenvalue weighted by atomic mass is 19.1. The highest BCUT2D eigenvalue weighted by Gasteiger charge is 2.18. The number of para-hydroxylation sites is 3. The smallest absolute Gasteiger partial charge is 0.259 e. The Morgan fingerprint density at radius 2 is 1.77 bits per heavy atom. The van der Waals surface area contributed by atoms with Crippen LogP contribution in [0, 0.1) is 18.6 Å². The van der Waals surface area contributed by atoms with Gasteiger partial charge in [-0.2, -0.15) is 5.10 Å².